The lowest BCUT2D eigenvalue weighted by Crippen LogP contribution is -2.18. The predicted octanol–water partition coefficient (Wildman–Crippen LogP) is 2.45. The number of amides is 1. The lowest BCUT2D eigenvalue weighted by Gasteiger charge is -2.00. The maximum absolute atomic E-state index is 12.5. The van der Waals surface area contributed by atoms with Gasteiger partial charge in [-0.3, -0.25) is 10.0 Å². The minimum atomic E-state index is -0.396. The van der Waals surface area contributed by atoms with Crippen molar-refractivity contribution >= 4 is 5.91 Å². The topological polar surface area (TPSA) is 69.6 Å². The van der Waals surface area contributed by atoms with E-state index in [1.54, 1.807) is 23.7 Å². The van der Waals surface area contributed by atoms with Gasteiger partial charge in [-0.2, -0.15) is 0 Å². The van der Waals surface area contributed by atoms with Crippen molar-refractivity contribution in [3.05, 3.63) is 48.3 Å². The van der Waals surface area contributed by atoms with Crippen LogP contribution in [0.3, 0.4) is 0 Å². The van der Waals surface area contributed by atoms with Gasteiger partial charge in [-0.15, -0.1) is 6.58 Å². The van der Waals surface area contributed by atoms with Crippen molar-refractivity contribution in [1.82, 2.24) is 5.48 Å². The van der Waals surface area contributed by atoms with Crippen molar-refractivity contribution in [1.29, 1.82) is 0 Å². The second-order valence-corrected chi connectivity index (χ2v) is 3.42. The number of nitrogens with one attached hydrogen (secondary N) is 1. The smallest absolute Gasteiger partial charge is 0.243 e. The van der Waals surface area contributed by atoms with Gasteiger partial charge in [0.05, 0.1) is 0 Å². The third-order valence-electron chi connectivity index (χ3n) is 1.91. The number of hydrogen-bond acceptors (Lipinski definition) is 3. The molecule has 0 saturated heterocycles. The minimum Gasteiger partial charge on any atom is -0.400 e. The van der Waals surface area contributed by atoms with E-state index in [1.807, 2.05) is 6.92 Å². The molecule has 0 aromatic heterocycles. The van der Waals surface area contributed by atoms with Crippen molar-refractivity contribution < 1.29 is 19.5 Å². The Labute approximate surface area is 113 Å². The lowest BCUT2D eigenvalue weighted by atomic mass is 10.1. The predicted molar refractivity (Wildman–Crippen MR) is 73.3 cm³/mol. The van der Waals surface area contributed by atoms with Crippen LogP contribution in [0.25, 0.3) is 0 Å². The molecule has 3 N–H and O–H groups in total. The van der Waals surface area contributed by atoms with Gasteiger partial charge in [0.2, 0.25) is 5.91 Å². The van der Waals surface area contributed by atoms with E-state index in [0.717, 1.165) is 12.7 Å². The Hall–Kier alpha value is -1.72. The molecule has 1 rings (SSSR count). The van der Waals surface area contributed by atoms with E-state index < -0.39 is 5.91 Å². The molecule has 1 amide bonds. The second-order valence-electron chi connectivity index (χ2n) is 3.42. The first-order valence-electron chi connectivity index (χ1n) is 5.83. The molecule has 108 valence electrons. The van der Waals surface area contributed by atoms with Crippen LogP contribution in [0.1, 0.15) is 25.3 Å². The zero-order chi connectivity index (χ0) is 15.1. The summed E-state index contributed by atoms with van der Waals surface area (Å²) in [4.78, 5) is 10.6. The summed E-state index contributed by atoms with van der Waals surface area (Å²) < 4.78 is 12.5. The summed E-state index contributed by atoms with van der Waals surface area (Å²) in [6, 6.07) is 6.15. The van der Waals surface area contributed by atoms with Gasteiger partial charge in [0.15, 0.2) is 0 Å². The number of rotatable bonds is 4. The van der Waals surface area contributed by atoms with Gasteiger partial charge in [0, 0.05) is 13.5 Å². The molecule has 1 aromatic carbocycles. The SMILES string of the molecule is C=CC.CO.O=C(CCCc1ccc(F)cc1)NO. The molecule has 0 spiro atoms. The van der Waals surface area contributed by atoms with Gasteiger partial charge in [-0.25, -0.2) is 9.87 Å². The Kier molecular flexibility index (Phi) is 14.8. The quantitative estimate of drug-likeness (QED) is 0.447. The Bertz CT molecular complexity index is 339. The highest BCUT2D eigenvalue weighted by Gasteiger charge is 1.99. The fraction of sp³-hybridized carbons (Fsp3) is 0.357. The Morgan fingerprint density at radius 2 is 1.84 bits per heavy atom. The molecule has 0 aliphatic carbocycles. The second kappa shape index (κ2) is 14.3. The highest BCUT2D eigenvalue weighted by atomic mass is 19.1. The summed E-state index contributed by atoms with van der Waals surface area (Å²) in [6.45, 7) is 5.25. The number of aliphatic hydroxyl groups excluding tert-OH is 1. The number of hydrogen-bond donors (Lipinski definition) is 3. The lowest BCUT2D eigenvalue weighted by molar-refractivity contribution is -0.129. The summed E-state index contributed by atoms with van der Waals surface area (Å²) in [5, 5.41) is 15.2. The first-order chi connectivity index (χ1) is 9.13. The fourth-order valence-electron chi connectivity index (χ4n) is 1.16. The summed E-state index contributed by atoms with van der Waals surface area (Å²) in [5.74, 6) is -0.658. The Morgan fingerprint density at radius 1 is 1.37 bits per heavy atom. The number of aryl methyl sites for hydroxylation is 1. The van der Waals surface area contributed by atoms with Gasteiger partial charge in [0.25, 0.3) is 0 Å². The first-order valence-corrected chi connectivity index (χ1v) is 5.83. The van der Waals surface area contributed by atoms with Gasteiger partial charge in [0.1, 0.15) is 5.82 Å². The molecule has 0 bridgehead atoms. The fourth-order valence-corrected chi connectivity index (χ4v) is 1.16. The van der Waals surface area contributed by atoms with Crippen LogP contribution in [0.4, 0.5) is 4.39 Å². The standard InChI is InChI=1S/C10H12FNO2.C3H6.CH4O/c11-9-6-4-8(5-7-9)2-1-3-10(13)12-14;1-3-2;1-2/h4-7,14H,1-3H2,(H,12,13);3H,1H2,2H3;2H,1H3. The summed E-state index contributed by atoms with van der Waals surface area (Å²) in [5.41, 5.74) is 2.54. The highest BCUT2D eigenvalue weighted by Crippen LogP contribution is 2.06. The van der Waals surface area contributed by atoms with E-state index in [2.05, 4.69) is 6.58 Å². The number of carbonyl (C=O) groups excluding carboxylic acids is 1. The van der Waals surface area contributed by atoms with Crippen LogP contribution in [-0.2, 0) is 11.2 Å². The van der Waals surface area contributed by atoms with Crippen LogP contribution >= 0.6 is 0 Å². The maximum Gasteiger partial charge on any atom is 0.243 e. The first kappa shape index (κ1) is 19.6. The number of carbonyl (C=O) groups is 1. The summed E-state index contributed by atoms with van der Waals surface area (Å²) in [6.07, 6.45) is 3.36. The van der Waals surface area contributed by atoms with Crippen LogP contribution in [-0.4, -0.2) is 23.3 Å². The summed E-state index contributed by atoms with van der Waals surface area (Å²) >= 11 is 0. The molecule has 0 unspecified atom stereocenters. The third-order valence-corrected chi connectivity index (χ3v) is 1.91. The molecule has 19 heavy (non-hydrogen) atoms. The minimum absolute atomic E-state index is 0.262. The third kappa shape index (κ3) is 12.5. The van der Waals surface area contributed by atoms with E-state index >= 15 is 0 Å². The highest BCUT2D eigenvalue weighted by molar-refractivity contribution is 5.74. The van der Waals surface area contributed by atoms with Crippen LogP contribution in [0.2, 0.25) is 0 Å². The molecule has 0 radical (unpaired) electrons. The van der Waals surface area contributed by atoms with Gasteiger partial charge in [-0.05, 0) is 37.5 Å². The molecule has 0 heterocycles. The number of hydroxylamine groups is 1. The van der Waals surface area contributed by atoms with Crippen molar-refractivity contribution in [2.45, 2.75) is 26.2 Å². The monoisotopic (exact) mass is 271 g/mol. The van der Waals surface area contributed by atoms with Crippen LogP contribution in [0.5, 0.6) is 0 Å². The average Bonchev–Trinajstić information content (AvgIpc) is 2.44. The number of benzene rings is 1. The van der Waals surface area contributed by atoms with Crippen molar-refractivity contribution in [3.8, 4) is 0 Å². The van der Waals surface area contributed by atoms with Gasteiger partial charge < -0.3 is 5.11 Å². The van der Waals surface area contributed by atoms with Crippen LogP contribution < -0.4 is 5.48 Å². The Morgan fingerprint density at radius 3 is 2.26 bits per heavy atom. The molecular weight excluding hydrogens is 249 g/mol. The van der Waals surface area contributed by atoms with E-state index in [-0.39, 0.29) is 12.2 Å². The zero-order valence-electron chi connectivity index (χ0n) is 11.4. The maximum atomic E-state index is 12.5. The molecule has 0 aliphatic heterocycles. The molecule has 5 heteroatoms. The largest absolute Gasteiger partial charge is 0.400 e. The van der Waals surface area contributed by atoms with Crippen molar-refractivity contribution in [2.75, 3.05) is 7.11 Å². The molecule has 0 fully saturated rings. The van der Waals surface area contributed by atoms with E-state index in [4.69, 9.17) is 10.3 Å². The molecular formula is C14H22FNO3. The van der Waals surface area contributed by atoms with Crippen LogP contribution in [0.15, 0.2) is 36.9 Å². The van der Waals surface area contributed by atoms with Gasteiger partial charge in [-0.1, -0.05) is 18.2 Å². The Balaban J connectivity index is 0. The molecule has 0 saturated carbocycles. The number of allylic oxidation sites excluding steroid dienone is 1. The normalized spacial score (nSPS) is 8.26. The van der Waals surface area contributed by atoms with E-state index in [1.165, 1.54) is 12.1 Å². The van der Waals surface area contributed by atoms with Gasteiger partial charge >= 0.3 is 0 Å². The van der Waals surface area contributed by atoms with E-state index in [9.17, 15) is 9.18 Å². The number of halogens is 1. The van der Waals surface area contributed by atoms with Crippen LogP contribution in [0, 0.1) is 5.82 Å². The molecule has 4 nitrogen and oxygen atoms in total. The molecule has 0 aliphatic rings. The summed E-state index contributed by atoms with van der Waals surface area (Å²) in [7, 11) is 1.00. The molecule has 1 aromatic rings. The molecule has 0 atom stereocenters. The average molecular weight is 271 g/mol. The zero-order valence-corrected chi connectivity index (χ0v) is 11.4. The number of aliphatic hydroxyl groups is 1. The van der Waals surface area contributed by atoms with Crippen molar-refractivity contribution in [2.24, 2.45) is 0 Å². The van der Waals surface area contributed by atoms with Crippen molar-refractivity contribution in [3.63, 3.8) is 0 Å². The van der Waals surface area contributed by atoms with E-state index in [0.29, 0.717) is 12.8 Å².